The highest BCUT2D eigenvalue weighted by atomic mass is 16.5. The normalized spacial score (nSPS) is 11.1. The lowest BCUT2D eigenvalue weighted by atomic mass is 10.1. The van der Waals surface area contributed by atoms with Gasteiger partial charge in [-0.25, -0.2) is 4.98 Å². The average Bonchev–Trinajstić information content (AvgIpc) is 2.52. The Hall–Kier alpha value is -2.56. The Morgan fingerprint density at radius 3 is 2.65 bits per heavy atom. The van der Waals surface area contributed by atoms with Crippen LogP contribution in [0.4, 0.5) is 5.82 Å². The fraction of sp³-hybridized carbons (Fsp3) is 0.200. The molecule has 0 fully saturated rings. The molecular formula is C15H17N3O2. The summed E-state index contributed by atoms with van der Waals surface area (Å²) in [5.41, 5.74) is 4.57. The molecule has 0 bridgehead atoms. The van der Waals surface area contributed by atoms with Gasteiger partial charge >= 0.3 is 0 Å². The zero-order valence-electron chi connectivity index (χ0n) is 11.8. The minimum absolute atomic E-state index is 0.689. The van der Waals surface area contributed by atoms with E-state index in [4.69, 9.17) is 9.47 Å². The standard InChI is InChI=1S/C15H17N3O2/c1-11(17-18-15-6-4-5-9-16-15)13-10-12(19-2)7-8-14(13)20-3/h4-10H,1-3H3,(H,16,18)/b17-11-. The molecule has 5 nitrogen and oxygen atoms in total. The maximum Gasteiger partial charge on any atom is 0.146 e. The summed E-state index contributed by atoms with van der Waals surface area (Å²) in [7, 11) is 3.26. The number of nitrogens with zero attached hydrogens (tertiary/aromatic N) is 2. The first-order valence-electron chi connectivity index (χ1n) is 6.18. The van der Waals surface area contributed by atoms with Gasteiger partial charge in [0.1, 0.15) is 17.3 Å². The lowest BCUT2D eigenvalue weighted by Gasteiger charge is -2.10. The van der Waals surface area contributed by atoms with Crippen molar-refractivity contribution in [3.63, 3.8) is 0 Å². The Morgan fingerprint density at radius 2 is 2.00 bits per heavy atom. The van der Waals surface area contributed by atoms with Crippen molar-refractivity contribution in [2.24, 2.45) is 5.10 Å². The van der Waals surface area contributed by atoms with E-state index < -0.39 is 0 Å². The Morgan fingerprint density at radius 1 is 1.15 bits per heavy atom. The van der Waals surface area contributed by atoms with Crippen LogP contribution in [0.2, 0.25) is 0 Å². The highest BCUT2D eigenvalue weighted by Gasteiger charge is 2.08. The molecular weight excluding hydrogens is 254 g/mol. The molecule has 0 aliphatic rings. The lowest BCUT2D eigenvalue weighted by molar-refractivity contribution is 0.402. The number of anilines is 1. The molecule has 0 saturated heterocycles. The molecule has 1 heterocycles. The van der Waals surface area contributed by atoms with Gasteiger partial charge in [0.25, 0.3) is 0 Å². The van der Waals surface area contributed by atoms with Crippen molar-refractivity contribution >= 4 is 11.5 Å². The molecule has 5 heteroatoms. The van der Waals surface area contributed by atoms with E-state index in [9.17, 15) is 0 Å². The summed E-state index contributed by atoms with van der Waals surface area (Å²) in [6, 6.07) is 11.2. The molecule has 0 spiro atoms. The number of pyridine rings is 1. The number of aromatic nitrogens is 1. The Labute approximate surface area is 118 Å². The van der Waals surface area contributed by atoms with Crippen molar-refractivity contribution < 1.29 is 9.47 Å². The summed E-state index contributed by atoms with van der Waals surface area (Å²) in [6.07, 6.45) is 1.71. The largest absolute Gasteiger partial charge is 0.497 e. The molecule has 0 unspecified atom stereocenters. The zero-order chi connectivity index (χ0) is 14.4. The van der Waals surface area contributed by atoms with Crippen LogP contribution in [0, 0.1) is 0 Å². The SMILES string of the molecule is COc1ccc(OC)c(/C(C)=N\Nc2ccccn2)c1. The number of hydrazone groups is 1. The van der Waals surface area contributed by atoms with E-state index in [1.165, 1.54) is 0 Å². The number of benzene rings is 1. The minimum atomic E-state index is 0.689. The van der Waals surface area contributed by atoms with E-state index >= 15 is 0 Å². The highest BCUT2D eigenvalue weighted by molar-refractivity contribution is 6.01. The quantitative estimate of drug-likeness (QED) is 0.671. The number of ether oxygens (including phenoxy) is 2. The summed E-state index contributed by atoms with van der Waals surface area (Å²) in [5.74, 6) is 2.19. The maximum atomic E-state index is 5.34. The minimum Gasteiger partial charge on any atom is -0.497 e. The number of hydrogen-bond donors (Lipinski definition) is 1. The first-order chi connectivity index (χ1) is 9.74. The first-order valence-corrected chi connectivity index (χ1v) is 6.18. The Balaban J connectivity index is 2.25. The number of rotatable bonds is 5. The molecule has 1 aromatic carbocycles. The molecule has 0 atom stereocenters. The molecule has 104 valence electrons. The van der Waals surface area contributed by atoms with Crippen LogP contribution in [0.1, 0.15) is 12.5 Å². The fourth-order valence-electron chi connectivity index (χ4n) is 1.73. The van der Waals surface area contributed by atoms with E-state index in [-0.39, 0.29) is 0 Å². The van der Waals surface area contributed by atoms with E-state index in [0.29, 0.717) is 5.82 Å². The average molecular weight is 271 g/mol. The number of methoxy groups -OCH3 is 2. The number of nitrogens with one attached hydrogen (secondary N) is 1. The third-order valence-corrected chi connectivity index (χ3v) is 2.80. The van der Waals surface area contributed by atoms with Crippen LogP contribution in [0.15, 0.2) is 47.7 Å². The van der Waals surface area contributed by atoms with Gasteiger partial charge in [-0.1, -0.05) is 6.07 Å². The van der Waals surface area contributed by atoms with Crippen LogP contribution < -0.4 is 14.9 Å². The molecule has 1 N–H and O–H groups in total. The molecule has 0 aliphatic carbocycles. The monoisotopic (exact) mass is 271 g/mol. The summed E-state index contributed by atoms with van der Waals surface area (Å²) in [5, 5.41) is 4.32. The summed E-state index contributed by atoms with van der Waals surface area (Å²) < 4.78 is 10.6. The van der Waals surface area contributed by atoms with Crippen LogP contribution in [-0.4, -0.2) is 24.9 Å². The second-order valence-corrected chi connectivity index (χ2v) is 4.09. The van der Waals surface area contributed by atoms with Crippen molar-refractivity contribution in [1.82, 2.24) is 4.98 Å². The van der Waals surface area contributed by atoms with E-state index in [1.54, 1.807) is 20.4 Å². The summed E-state index contributed by atoms with van der Waals surface area (Å²) >= 11 is 0. The number of hydrogen-bond acceptors (Lipinski definition) is 5. The maximum absolute atomic E-state index is 5.34. The molecule has 2 rings (SSSR count). The van der Waals surface area contributed by atoms with Gasteiger partial charge in [-0.15, -0.1) is 0 Å². The van der Waals surface area contributed by atoms with Crippen molar-refractivity contribution in [2.75, 3.05) is 19.6 Å². The first kappa shape index (κ1) is 13.9. The van der Waals surface area contributed by atoms with Crippen LogP contribution in [-0.2, 0) is 0 Å². The van der Waals surface area contributed by atoms with Crippen molar-refractivity contribution in [3.8, 4) is 11.5 Å². The van der Waals surface area contributed by atoms with Gasteiger partial charge in [-0.2, -0.15) is 5.10 Å². The second-order valence-electron chi connectivity index (χ2n) is 4.09. The summed E-state index contributed by atoms with van der Waals surface area (Å²) in [4.78, 5) is 4.15. The third-order valence-electron chi connectivity index (χ3n) is 2.80. The van der Waals surface area contributed by atoms with Gasteiger partial charge in [0, 0.05) is 11.8 Å². The topological polar surface area (TPSA) is 55.7 Å². The van der Waals surface area contributed by atoms with E-state index in [1.807, 2.05) is 43.3 Å². The molecule has 2 aromatic rings. The van der Waals surface area contributed by atoms with E-state index in [0.717, 1.165) is 22.8 Å². The predicted molar refractivity (Wildman–Crippen MR) is 79.6 cm³/mol. The van der Waals surface area contributed by atoms with Crippen LogP contribution >= 0.6 is 0 Å². The Kier molecular flexibility index (Phi) is 4.55. The van der Waals surface area contributed by atoms with Crippen molar-refractivity contribution in [1.29, 1.82) is 0 Å². The molecule has 0 radical (unpaired) electrons. The van der Waals surface area contributed by atoms with E-state index in [2.05, 4.69) is 15.5 Å². The molecule has 1 aromatic heterocycles. The van der Waals surface area contributed by atoms with Crippen LogP contribution in [0.5, 0.6) is 11.5 Å². The molecule has 20 heavy (non-hydrogen) atoms. The fourth-order valence-corrected chi connectivity index (χ4v) is 1.73. The van der Waals surface area contributed by atoms with Gasteiger partial charge in [0.05, 0.1) is 19.9 Å². The Bertz CT molecular complexity index is 597. The second kappa shape index (κ2) is 6.56. The van der Waals surface area contributed by atoms with Crippen LogP contribution in [0.25, 0.3) is 0 Å². The van der Waals surface area contributed by atoms with Gasteiger partial charge in [-0.05, 0) is 37.3 Å². The van der Waals surface area contributed by atoms with Crippen LogP contribution in [0.3, 0.4) is 0 Å². The highest BCUT2D eigenvalue weighted by Crippen LogP contribution is 2.24. The molecule has 0 amide bonds. The van der Waals surface area contributed by atoms with Gasteiger partial charge in [0.15, 0.2) is 0 Å². The third kappa shape index (κ3) is 3.26. The summed E-state index contributed by atoms with van der Waals surface area (Å²) in [6.45, 7) is 1.90. The van der Waals surface area contributed by atoms with Crippen molar-refractivity contribution in [3.05, 3.63) is 48.2 Å². The van der Waals surface area contributed by atoms with Gasteiger partial charge < -0.3 is 9.47 Å². The van der Waals surface area contributed by atoms with Crippen molar-refractivity contribution in [2.45, 2.75) is 6.92 Å². The lowest BCUT2D eigenvalue weighted by Crippen LogP contribution is -2.03. The molecule has 0 saturated carbocycles. The zero-order valence-corrected chi connectivity index (χ0v) is 11.8. The predicted octanol–water partition coefficient (Wildman–Crippen LogP) is 2.93. The molecule has 0 aliphatic heterocycles. The van der Waals surface area contributed by atoms with Gasteiger partial charge in [0.2, 0.25) is 0 Å². The van der Waals surface area contributed by atoms with Gasteiger partial charge in [-0.3, -0.25) is 5.43 Å². The smallest absolute Gasteiger partial charge is 0.146 e.